The number of hydrogen-bond donors (Lipinski definition) is 2. The predicted molar refractivity (Wildman–Crippen MR) is 68.5 cm³/mol. The molecule has 1 rings (SSSR count). The summed E-state index contributed by atoms with van der Waals surface area (Å²) in [5.41, 5.74) is -0.319. The van der Waals surface area contributed by atoms with Gasteiger partial charge in [-0.3, -0.25) is 0 Å². The number of nitrogens with one attached hydrogen (secondary N) is 2. The fourth-order valence-electron chi connectivity index (χ4n) is 1.94. The minimum Gasteiger partial charge on any atom is -0.381 e. The van der Waals surface area contributed by atoms with Gasteiger partial charge in [-0.25, -0.2) is 13.1 Å². The van der Waals surface area contributed by atoms with Crippen LogP contribution in [0.4, 0.5) is 0 Å². The highest BCUT2D eigenvalue weighted by molar-refractivity contribution is 7.89. The van der Waals surface area contributed by atoms with Crippen LogP contribution in [0.5, 0.6) is 0 Å². The minimum absolute atomic E-state index is 0.213. The van der Waals surface area contributed by atoms with Gasteiger partial charge in [0.15, 0.2) is 0 Å². The van der Waals surface area contributed by atoms with Gasteiger partial charge in [-0.05, 0) is 46.2 Å². The van der Waals surface area contributed by atoms with E-state index in [2.05, 4.69) is 10.0 Å². The average Bonchev–Trinajstić information content (AvgIpc) is 2.24. The lowest BCUT2D eigenvalue weighted by Crippen LogP contribution is -2.50. The van der Waals surface area contributed by atoms with Crippen molar-refractivity contribution in [1.29, 1.82) is 0 Å². The van der Waals surface area contributed by atoms with Crippen LogP contribution in [0.3, 0.4) is 0 Å². The Balaban J connectivity index is 2.37. The van der Waals surface area contributed by atoms with E-state index in [-0.39, 0.29) is 11.3 Å². The van der Waals surface area contributed by atoms with Crippen LogP contribution in [0.2, 0.25) is 0 Å². The lowest BCUT2D eigenvalue weighted by molar-refractivity contribution is 0.0537. The summed E-state index contributed by atoms with van der Waals surface area (Å²) in [5, 5.41) is 3.01. The summed E-state index contributed by atoms with van der Waals surface area (Å²) >= 11 is 0. The second-order valence-corrected chi connectivity index (χ2v) is 6.75. The Kier molecular flexibility index (Phi) is 5.85. The molecule has 1 aliphatic rings. The fraction of sp³-hybridized carbons (Fsp3) is 1.00. The molecule has 2 N–H and O–H groups in total. The van der Waals surface area contributed by atoms with Crippen LogP contribution in [0.25, 0.3) is 0 Å². The van der Waals surface area contributed by atoms with E-state index in [0.29, 0.717) is 19.6 Å². The third-order valence-corrected chi connectivity index (χ3v) is 4.72. The molecule has 0 unspecified atom stereocenters. The quantitative estimate of drug-likeness (QED) is 0.656. The van der Waals surface area contributed by atoms with Crippen molar-refractivity contribution < 1.29 is 13.2 Å². The molecule has 0 bridgehead atoms. The summed E-state index contributed by atoms with van der Waals surface area (Å²) < 4.78 is 31.9. The standard InChI is InChI=1S/C11H24N2O3S/c1-11(5-8-16-9-6-11)13-17(14,15)10-4-3-7-12-2/h12-13H,3-10H2,1-2H3. The van der Waals surface area contributed by atoms with Gasteiger partial charge in [0.1, 0.15) is 0 Å². The molecular weight excluding hydrogens is 240 g/mol. The van der Waals surface area contributed by atoms with Crippen molar-refractivity contribution in [2.24, 2.45) is 0 Å². The van der Waals surface area contributed by atoms with E-state index in [9.17, 15) is 8.42 Å². The smallest absolute Gasteiger partial charge is 0.212 e. The monoisotopic (exact) mass is 264 g/mol. The van der Waals surface area contributed by atoms with Gasteiger partial charge in [-0.1, -0.05) is 0 Å². The summed E-state index contributed by atoms with van der Waals surface area (Å²) in [4.78, 5) is 0. The molecular formula is C11H24N2O3S. The summed E-state index contributed by atoms with van der Waals surface area (Å²) in [6.45, 7) is 4.10. The van der Waals surface area contributed by atoms with Gasteiger partial charge >= 0.3 is 0 Å². The van der Waals surface area contributed by atoms with E-state index >= 15 is 0 Å². The number of hydrogen-bond acceptors (Lipinski definition) is 4. The van der Waals surface area contributed by atoms with Crippen molar-refractivity contribution in [2.75, 3.05) is 32.6 Å². The van der Waals surface area contributed by atoms with E-state index in [1.54, 1.807) is 0 Å². The summed E-state index contributed by atoms with van der Waals surface area (Å²) in [6, 6.07) is 0. The van der Waals surface area contributed by atoms with Crippen molar-refractivity contribution >= 4 is 10.0 Å². The molecule has 0 aromatic carbocycles. The molecule has 0 radical (unpaired) electrons. The largest absolute Gasteiger partial charge is 0.381 e. The SMILES string of the molecule is CNCCCCS(=O)(=O)NC1(C)CCOCC1. The van der Waals surface area contributed by atoms with Crippen molar-refractivity contribution in [2.45, 2.75) is 38.1 Å². The normalized spacial score (nSPS) is 20.4. The molecule has 17 heavy (non-hydrogen) atoms. The number of rotatable bonds is 7. The molecule has 0 spiro atoms. The van der Waals surface area contributed by atoms with Crippen LogP contribution in [0.1, 0.15) is 32.6 Å². The summed E-state index contributed by atoms with van der Waals surface area (Å²) in [7, 11) is -1.28. The Bertz CT molecular complexity index is 311. The molecule has 1 saturated heterocycles. The minimum atomic E-state index is -3.15. The van der Waals surface area contributed by atoms with Gasteiger partial charge in [0, 0.05) is 18.8 Å². The van der Waals surface area contributed by atoms with Gasteiger partial charge in [0.25, 0.3) is 0 Å². The zero-order valence-electron chi connectivity index (χ0n) is 10.8. The first-order valence-corrected chi connectivity index (χ1v) is 7.87. The van der Waals surface area contributed by atoms with Gasteiger partial charge in [-0.15, -0.1) is 0 Å². The topological polar surface area (TPSA) is 67.4 Å². The molecule has 0 atom stereocenters. The lowest BCUT2D eigenvalue weighted by Gasteiger charge is -2.34. The highest BCUT2D eigenvalue weighted by Gasteiger charge is 2.31. The maximum Gasteiger partial charge on any atom is 0.212 e. The van der Waals surface area contributed by atoms with Crippen LogP contribution >= 0.6 is 0 Å². The molecule has 1 aliphatic heterocycles. The van der Waals surface area contributed by atoms with Crippen LogP contribution in [0.15, 0.2) is 0 Å². The highest BCUT2D eigenvalue weighted by atomic mass is 32.2. The molecule has 102 valence electrons. The van der Waals surface area contributed by atoms with E-state index in [1.807, 2.05) is 14.0 Å². The third-order valence-electron chi connectivity index (χ3n) is 3.09. The van der Waals surface area contributed by atoms with Gasteiger partial charge in [0.2, 0.25) is 10.0 Å². The molecule has 0 amide bonds. The van der Waals surface area contributed by atoms with Crippen molar-refractivity contribution in [1.82, 2.24) is 10.0 Å². The molecule has 0 aromatic rings. The molecule has 1 heterocycles. The Morgan fingerprint density at radius 2 is 1.88 bits per heavy atom. The Morgan fingerprint density at radius 3 is 2.47 bits per heavy atom. The van der Waals surface area contributed by atoms with E-state index < -0.39 is 10.0 Å². The van der Waals surface area contributed by atoms with Crippen LogP contribution < -0.4 is 10.0 Å². The van der Waals surface area contributed by atoms with E-state index in [0.717, 1.165) is 25.8 Å². The van der Waals surface area contributed by atoms with Crippen molar-refractivity contribution in [3.8, 4) is 0 Å². The Labute approximate surface area is 104 Å². The molecule has 0 aliphatic carbocycles. The lowest BCUT2D eigenvalue weighted by atomic mass is 9.94. The third kappa shape index (κ3) is 5.81. The maximum atomic E-state index is 11.9. The predicted octanol–water partition coefficient (Wildman–Crippen LogP) is 0.475. The maximum absolute atomic E-state index is 11.9. The summed E-state index contributed by atoms with van der Waals surface area (Å²) in [5.74, 6) is 0.213. The zero-order valence-corrected chi connectivity index (χ0v) is 11.6. The Morgan fingerprint density at radius 1 is 1.24 bits per heavy atom. The second kappa shape index (κ2) is 6.68. The second-order valence-electron chi connectivity index (χ2n) is 4.90. The molecule has 1 fully saturated rings. The molecule has 0 saturated carbocycles. The van der Waals surface area contributed by atoms with Crippen molar-refractivity contribution in [3.63, 3.8) is 0 Å². The first-order chi connectivity index (χ1) is 7.97. The number of sulfonamides is 1. The molecule has 5 nitrogen and oxygen atoms in total. The van der Waals surface area contributed by atoms with Crippen molar-refractivity contribution in [3.05, 3.63) is 0 Å². The molecule has 0 aromatic heterocycles. The number of unbranched alkanes of at least 4 members (excludes halogenated alkanes) is 1. The first-order valence-electron chi connectivity index (χ1n) is 6.21. The highest BCUT2D eigenvalue weighted by Crippen LogP contribution is 2.20. The Hall–Kier alpha value is -0.170. The van der Waals surface area contributed by atoms with Crippen LogP contribution in [0, 0.1) is 0 Å². The van der Waals surface area contributed by atoms with E-state index in [4.69, 9.17) is 4.74 Å². The van der Waals surface area contributed by atoms with E-state index in [1.165, 1.54) is 0 Å². The first kappa shape index (κ1) is 14.9. The fourth-order valence-corrected chi connectivity index (χ4v) is 3.59. The number of ether oxygens (including phenoxy) is 1. The van der Waals surface area contributed by atoms with Gasteiger partial charge in [0.05, 0.1) is 5.75 Å². The van der Waals surface area contributed by atoms with Gasteiger partial charge in [-0.2, -0.15) is 0 Å². The van der Waals surface area contributed by atoms with Crippen LogP contribution in [-0.4, -0.2) is 46.5 Å². The summed E-state index contributed by atoms with van der Waals surface area (Å²) in [6.07, 6.45) is 3.09. The average molecular weight is 264 g/mol. The van der Waals surface area contributed by atoms with Crippen LogP contribution in [-0.2, 0) is 14.8 Å². The van der Waals surface area contributed by atoms with Gasteiger partial charge < -0.3 is 10.1 Å². The molecule has 6 heteroatoms. The zero-order chi connectivity index (χ0) is 12.8.